The molecule has 0 atom stereocenters. The second kappa shape index (κ2) is 9.32. The van der Waals surface area contributed by atoms with Crippen LogP contribution in [0, 0.1) is 0 Å². The molecule has 1 fully saturated rings. The summed E-state index contributed by atoms with van der Waals surface area (Å²) < 4.78 is 34.7. The summed E-state index contributed by atoms with van der Waals surface area (Å²) >= 11 is 6.05. The van der Waals surface area contributed by atoms with E-state index in [4.69, 9.17) is 16.3 Å². The van der Waals surface area contributed by atoms with Gasteiger partial charge >= 0.3 is 0 Å². The highest BCUT2D eigenvalue weighted by Crippen LogP contribution is 2.30. The van der Waals surface area contributed by atoms with Crippen LogP contribution in [0.3, 0.4) is 0 Å². The summed E-state index contributed by atoms with van der Waals surface area (Å²) in [4.78, 5) is 14.4. The zero-order valence-electron chi connectivity index (χ0n) is 17.5. The number of methoxy groups -OCH3 is 1. The van der Waals surface area contributed by atoms with Crippen LogP contribution in [0.4, 0.5) is 5.82 Å². The first kappa shape index (κ1) is 22.3. The van der Waals surface area contributed by atoms with E-state index >= 15 is 0 Å². The highest BCUT2D eigenvalue weighted by molar-refractivity contribution is 7.89. The molecule has 0 bridgehead atoms. The number of aromatic nitrogens is 2. The van der Waals surface area contributed by atoms with Crippen molar-refractivity contribution in [3.8, 4) is 11.4 Å². The van der Waals surface area contributed by atoms with E-state index in [1.807, 2.05) is 35.2 Å². The van der Waals surface area contributed by atoms with Crippen molar-refractivity contribution in [3.63, 3.8) is 0 Å². The first-order chi connectivity index (χ1) is 15.4. The molecule has 0 spiro atoms. The van der Waals surface area contributed by atoms with Crippen molar-refractivity contribution in [2.45, 2.75) is 11.3 Å². The molecule has 1 saturated heterocycles. The van der Waals surface area contributed by atoms with Gasteiger partial charge in [0.25, 0.3) is 5.56 Å². The second-order valence-corrected chi connectivity index (χ2v) is 9.66. The Kier molecular flexibility index (Phi) is 6.50. The number of ether oxygens (including phenoxy) is 1. The quantitative estimate of drug-likeness (QED) is 0.565. The van der Waals surface area contributed by atoms with Crippen molar-refractivity contribution in [1.29, 1.82) is 0 Å². The van der Waals surface area contributed by atoms with Crippen molar-refractivity contribution in [1.82, 2.24) is 14.1 Å². The third-order valence-corrected chi connectivity index (χ3v) is 7.46. The van der Waals surface area contributed by atoms with Crippen molar-refractivity contribution in [3.05, 3.63) is 76.0 Å². The molecule has 10 heteroatoms. The van der Waals surface area contributed by atoms with Crippen molar-refractivity contribution < 1.29 is 13.2 Å². The topological polar surface area (TPSA) is 84.7 Å². The second-order valence-electron chi connectivity index (χ2n) is 7.32. The lowest BCUT2D eigenvalue weighted by molar-refractivity contribution is 0.393. The van der Waals surface area contributed by atoms with Crippen molar-refractivity contribution in [2.75, 3.05) is 38.2 Å². The van der Waals surface area contributed by atoms with Crippen molar-refractivity contribution >= 4 is 27.4 Å². The molecular weight excluding hydrogens is 452 g/mol. The standard InChI is InChI=1S/C22H23ClN4O4S/c1-31-19-9-8-17(23)16-20(19)32(29,30)26-13-5-12-25(14-15-26)21-10-11-22(28)27(24-21)18-6-3-2-4-7-18/h2-4,6-11,16H,5,12-15H2,1H3. The SMILES string of the molecule is COc1ccc(Cl)cc1S(=O)(=O)N1CCCN(c2ccc(=O)n(-c3ccccc3)n2)CC1. The van der Waals surface area contributed by atoms with Gasteiger partial charge in [-0.15, -0.1) is 5.10 Å². The van der Waals surface area contributed by atoms with E-state index in [1.165, 1.54) is 28.2 Å². The molecule has 1 aliphatic rings. The molecule has 1 aromatic heterocycles. The Morgan fingerprint density at radius 3 is 2.50 bits per heavy atom. The van der Waals surface area contributed by atoms with Crippen LogP contribution in [0.25, 0.3) is 5.69 Å². The minimum absolute atomic E-state index is 0.0525. The van der Waals surface area contributed by atoms with E-state index in [1.54, 1.807) is 18.2 Å². The van der Waals surface area contributed by atoms with Crippen LogP contribution in [0.1, 0.15) is 6.42 Å². The van der Waals surface area contributed by atoms with Crippen LogP contribution in [-0.4, -0.2) is 55.8 Å². The minimum Gasteiger partial charge on any atom is -0.495 e. The van der Waals surface area contributed by atoms with Gasteiger partial charge in [-0.3, -0.25) is 4.79 Å². The van der Waals surface area contributed by atoms with Gasteiger partial charge in [0, 0.05) is 37.3 Å². The fourth-order valence-corrected chi connectivity index (χ4v) is 5.57. The van der Waals surface area contributed by atoms with Gasteiger partial charge in [-0.05, 0) is 42.8 Å². The molecule has 32 heavy (non-hydrogen) atoms. The smallest absolute Gasteiger partial charge is 0.271 e. The Morgan fingerprint density at radius 1 is 0.969 bits per heavy atom. The summed E-state index contributed by atoms with van der Waals surface area (Å²) in [5, 5.41) is 4.84. The van der Waals surface area contributed by atoms with Crippen LogP contribution < -0.4 is 15.2 Å². The lowest BCUT2D eigenvalue weighted by atomic mass is 10.3. The predicted octanol–water partition coefficient (Wildman–Crippen LogP) is 2.80. The van der Waals surface area contributed by atoms with E-state index < -0.39 is 10.0 Å². The number of rotatable bonds is 5. The Balaban J connectivity index is 1.58. The molecule has 168 valence electrons. The van der Waals surface area contributed by atoms with Gasteiger partial charge < -0.3 is 9.64 Å². The lowest BCUT2D eigenvalue weighted by Crippen LogP contribution is -2.36. The summed E-state index contributed by atoms with van der Waals surface area (Å²) in [7, 11) is -2.36. The molecule has 0 unspecified atom stereocenters. The fourth-order valence-electron chi connectivity index (χ4n) is 3.68. The molecule has 2 aromatic carbocycles. The predicted molar refractivity (Wildman–Crippen MR) is 123 cm³/mol. The van der Waals surface area contributed by atoms with Crippen LogP contribution in [-0.2, 0) is 10.0 Å². The maximum Gasteiger partial charge on any atom is 0.271 e. The van der Waals surface area contributed by atoms with Crippen LogP contribution >= 0.6 is 11.6 Å². The molecule has 2 heterocycles. The zero-order chi connectivity index (χ0) is 22.7. The Morgan fingerprint density at radius 2 is 1.75 bits per heavy atom. The van der Waals surface area contributed by atoms with Gasteiger partial charge in [0.2, 0.25) is 10.0 Å². The van der Waals surface area contributed by atoms with Gasteiger partial charge in [-0.25, -0.2) is 8.42 Å². The number of hydrogen-bond acceptors (Lipinski definition) is 6. The number of sulfonamides is 1. The van der Waals surface area contributed by atoms with E-state index in [9.17, 15) is 13.2 Å². The summed E-state index contributed by atoms with van der Waals surface area (Å²) in [6.45, 7) is 1.66. The van der Waals surface area contributed by atoms with E-state index in [0.717, 1.165) is 0 Å². The van der Waals surface area contributed by atoms with Gasteiger partial charge in [-0.1, -0.05) is 29.8 Å². The molecule has 0 N–H and O–H groups in total. The monoisotopic (exact) mass is 474 g/mol. The highest BCUT2D eigenvalue weighted by atomic mass is 35.5. The Labute approximate surface area is 191 Å². The first-order valence-corrected chi connectivity index (χ1v) is 12.0. The molecule has 4 rings (SSSR count). The van der Waals surface area contributed by atoms with Gasteiger partial charge in [0.1, 0.15) is 16.5 Å². The third kappa shape index (κ3) is 4.50. The first-order valence-electron chi connectivity index (χ1n) is 10.1. The number of nitrogens with zero attached hydrogens (tertiary/aromatic N) is 4. The molecule has 0 radical (unpaired) electrons. The molecule has 0 saturated carbocycles. The van der Waals surface area contributed by atoms with Gasteiger partial charge in [0.15, 0.2) is 0 Å². The maximum absolute atomic E-state index is 13.3. The average molecular weight is 475 g/mol. The van der Waals surface area contributed by atoms with E-state index in [0.29, 0.717) is 42.6 Å². The summed E-state index contributed by atoms with van der Waals surface area (Å²) in [5.74, 6) is 0.875. The Hall–Kier alpha value is -2.88. The van der Waals surface area contributed by atoms with Crippen LogP contribution in [0.5, 0.6) is 5.75 Å². The molecule has 0 aliphatic carbocycles. The third-order valence-electron chi connectivity index (χ3n) is 5.31. The van der Waals surface area contributed by atoms with E-state index in [2.05, 4.69) is 5.10 Å². The average Bonchev–Trinajstić information content (AvgIpc) is 3.07. The molecular formula is C22H23ClN4O4S. The lowest BCUT2D eigenvalue weighted by Gasteiger charge is -2.23. The van der Waals surface area contributed by atoms with E-state index in [-0.39, 0.29) is 22.7 Å². The molecule has 8 nitrogen and oxygen atoms in total. The minimum atomic E-state index is -3.79. The number of hydrogen-bond donors (Lipinski definition) is 0. The Bertz CT molecular complexity index is 1260. The van der Waals surface area contributed by atoms with Crippen LogP contribution in [0.2, 0.25) is 5.02 Å². The molecule has 3 aromatic rings. The van der Waals surface area contributed by atoms with Gasteiger partial charge in [-0.2, -0.15) is 8.99 Å². The fraction of sp³-hybridized carbons (Fsp3) is 0.273. The summed E-state index contributed by atoms with van der Waals surface area (Å²) in [6.07, 6.45) is 0.605. The molecule has 0 amide bonds. The zero-order valence-corrected chi connectivity index (χ0v) is 19.1. The number of para-hydroxylation sites is 1. The number of halogens is 1. The summed E-state index contributed by atoms with van der Waals surface area (Å²) in [5.41, 5.74) is 0.443. The highest BCUT2D eigenvalue weighted by Gasteiger charge is 2.30. The largest absolute Gasteiger partial charge is 0.495 e. The number of benzene rings is 2. The van der Waals surface area contributed by atoms with Crippen molar-refractivity contribution in [2.24, 2.45) is 0 Å². The molecule has 1 aliphatic heterocycles. The van der Waals surface area contributed by atoms with Crippen LogP contribution in [0.15, 0.2) is 70.4 Å². The summed E-state index contributed by atoms with van der Waals surface area (Å²) in [6, 6.07) is 16.9. The van der Waals surface area contributed by atoms with Gasteiger partial charge in [0.05, 0.1) is 12.8 Å². The normalized spacial score (nSPS) is 15.4. The maximum atomic E-state index is 13.3. The number of anilines is 1.